The monoisotopic (exact) mass is 194 g/mol. The third kappa shape index (κ3) is 1.32. The normalized spacial score (nSPS) is 20.1. The Kier molecular flexibility index (Phi) is 1.91. The molecule has 0 saturated heterocycles. The number of hydrogen-bond acceptors (Lipinski definition) is 4. The zero-order valence-electron chi connectivity index (χ0n) is 7.99. The van der Waals surface area contributed by atoms with Gasteiger partial charge in [0.1, 0.15) is 23.2 Å². The third-order valence-electron chi connectivity index (χ3n) is 2.13. The van der Waals surface area contributed by atoms with E-state index in [1.807, 2.05) is 0 Å². The quantitative estimate of drug-likeness (QED) is 0.579. The Morgan fingerprint density at radius 3 is 2.86 bits per heavy atom. The first-order valence-electron chi connectivity index (χ1n) is 4.42. The second-order valence-corrected chi connectivity index (χ2v) is 3.44. The number of esters is 1. The zero-order chi connectivity index (χ0) is 10.3. The average Bonchev–Trinajstić information content (AvgIpc) is 1.99. The van der Waals surface area contributed by atoms with Crippen LogP contribution in [0.15, 0.2) is 15.3 Å². The highest BCUT2D eigenvalue weighted by Gasteiger charge is 2.28. The van der Waals surface area contributed by atoms with E-state index in [-0.39, 0.29) is 17.1 Å². The summed E-state index contributed by atoms with van der Waals surface area (Å²) in [6, 6.07) is 1.30. The summed E-state index contributed by atoms with van der Waals surface area (Å²) in [6.07, 6.45) is 0.248. The SMILES string of the molecule is Cc1cc(=O)c2c(o1)CC(C)OC2=O. The molecule has 4 nitrogen and oxygen atoms in total. The van der Waals surface area contributed by atoms with E-state index in [0.717, 1.165) is 0 Å². The first-order chi connectivity index (χ1) is 6.58. The summed E-state index contributed by atoms with van der Waals surface area (Å²) in [5.74, 6) is 0.391. The van der Waals surface area contributed by atoms with Gasteiger partial charge in [-0.3, -0.25) is 4.79 Å². The lowest BCUT2D eigenvalue weighted by atomic mass is 10.1. The van der Waals surface area contributed by atoms with Gasteiger partial charge in [-0.2, -0.15) is 0 Å². The Morgan fingerprint density at radius 1 is 1.43 bits per heavy atom. The van der Waals surface area contributed by atoms with Crippen molar-refractivity contribution in [3.8, 4) is 0 Å². The standard InChI is InChI=1S/C10H10O4/c1-5-3-7(11)9-8(13-5)4-6(2)14-10(9)12/h3,6H,4H2,1-2H3. The maximum atomic E-state index is 11.4. The summed E-state index contributed by atoms with van der Waals surface area (Å²) in [7, 11) is 0. The van der Waals surface area contributed by atoms with Gasteiger partial charge in [-0.1, -0.05) is 0 Å². The molecule has 0 radical (unpaired) electrons. The molecule has 1 aliphatic heterocycles. The maximum Gasteiger partial charge on any atom is 0.345 e. The fourth-order valence-electron chi connectivity index (χ4n) is 1.57. The summed E-state index contributed by atoms with van der Waals surface area (Å²) >= 11 is 0. The van der Waals surface area contributed by atoms with Gasteiger partial charge < -0.3 is 9.15 Å². The number of cyclic esters (lactones) is 1. The van der Waals surface area contributed by atoms with Crippen LogP contribution < -0.4 is 5.43 Å². The van der Waals surface area contributed by atoms with Crippen LogP contribution in [0.5, 0.6) is 0 Å². The molecule has 0 bridgehead atoms. The smallest absolute Gasteiger partial charge is 0.345 e. The van der Waals surface area contributed by atoms with Crippen molar-refractivity contribution in [2.75, 3.05) is 0 Å². The molecule has 1 atom stereocenters. The van der Waals surface area contributed by atoms with Crippen LogP contribution in [0.2, 0.25) is 0 Å². The summed E-state index contributed by atoms with van der Waals surface area (Å²) in [5.41, 5.74) is -0.269. The molecule has 1 aliphatic rings. The van der Waals surface area contributed by atoms with Gasteiger partial charge in [-0.25, -0.2) is 4.79 Å². The molecule has 1 unspecified atom stereocenters. The molecule has 0 N–H and O–H groups in total. The van der Waals surface area contributed by atoms with Crippen molar-refractivity contribution in [2.45, 2.75) is 26.4 Å². The lowest BCUT2D eigenvalue weighted by Gasteiger charge is -2.19. The first kappa shape index (κ1) is 8.99. The Morgan fingerprint density at radius 2 is 2.14 bits per heavy atom. The van der Waals surface area contributed by atoms with E-state index in [1.54, 1.807) is 13.8 Å². The second kappa shape index (κ2) is 2.97. The predicted molar refractivity (Wildman–Crippen MR) is 48.3 cm³/mol. The predicted octanol–water partition coefficient (Wildman–Crippen LogP) is 1.05. The highest BCUT2D eigenvalue weighted by atomic mass is 16.5. The molecule has 0 aliphatic carbocycles. The number of carbonyl (C=O) groups is 1. The van der Waals surface area contributed by atoms with Gasteiger partial charge in [0.15, 0.2) is 5.43 Å². The van der Waals surface area contributed by atoms with E-state index in [4.69, 9.17) is 9.15 Å². The van der Waals surface area contributed by atoms with E-state index in [2.05, 4.69) is 0 Å². The van der Waals surface area contributed by atoms with Crippen LogP contribution in [0.1, 0.15) is 28.8 Å². The van der Waals surface area contributed by atoms with Gasteiger partial charge in [0.25, 0.3) is 0 Å². The molecule has 0 fully saturated rings. The van der Waals surface area contributed by atoms with Crippen molar-refractivity contribution in [3.05, 3.63) is 33.4 Å². The molecule has 0 spiro atoms. The average molecular weight is 194 g/mol. The Bertz CT molecular complexity index is 444. The fraction of sp³-hybridized carbons (Fsp3) is 0.400. The molecule has 1 aromatic rings. The van der Waals surface area contributed by atoms with Crippen LogP contribution >= 0.6 is 0 Å². The summed E-state index contributed by atoms with van der Waals surface area (Å²) in [5, 5.41) is 0. The largest absolute Gasteiger partial charge is 0.465 e. The summed E-state index contributed by atoms with van der Waals surface area (Å²) < 4.78 is 10.3. The molecule has 4 heteroatoms. The highest BCUT2D eigenvalue weighted by Crippen LogP contribution is 2.18. The zero-order valence-corrected chi connectivity index (χ0v) is 7.99. The van der Waals surface area contributed by atoms with Crippen LogP contribution in [0.3, 0.4) is 0 Å². The molecule has 74 valence electrons. The highest BCUT2D eigenvalue weighted by molar-refractivity contribution is 5.91. The Labute approximate surface area is 80.5 Å². The molecule has 0 aromatic carbocycles. The fourth-order valence-corrected chi connectivity index (χ4v) is 1.57. The number of rotatable bonds is 0. The minimum Gasteiger partial charge on any atom is -0.465 e. The van der Waals surface area contributed by atoms with Crippen LogP contribution in [-0.2, 0) is 11.2 Å². The van der Waals surface area contributed by atoms with Gasteiger partial charge in [-0.05, 0) is 13.8 Å². The van der Waals surface area contributed by atoms with E-state index < -0.39 is 5.97 Å². The number of fused-ring (bicyclic) bond motifs is 1. The summed E-state index contributed by atoms with van der Waals surface area (Å²) in [6.45, 7) is 3.45. The topological polar surface area (TPSA) is 56.5 Å². The summed E-state index contributed by atoms with van der Waals surface area (Å²) in [4.78, 5) is 22.8. The van der Waals surface area contributed by atoms with Crippen LogP contribution in [-0.4, -0.2) is 12.1 Å². The van der Waals surface area contributed by atoms with Crippen LogP contribution in [0, 0.1) is 6.92 Å². The van der Waals surface area contributed by atoms with Crippen LogP contribution in [0.4, 0.5) is 0 Å². The lowest BCUT2D eigenvalue weighted by molar-refractivity contribution is 0.0271. The Balaban J connectivity index is 2.65. The minimum atomic E-state index is -0.576. The first-order valence-corrected chi connectivity index (χ1v) is 4.42. The van der Waals surface area contributed by atoms with Gasteiger partial charge in [0.2, 0.25) is 0 Å². The molecule has 2 rings (SSSR count). The number of carbonyl (C=O) groups excluding carboxylic acids is 1. The second-order valence-electron chi connectivity index (χ2n) is 3.44. The molecule has 0 saturated carbocycles. The van der Waals surface area contributed by atoms with E-state index in [0.29, 0.717) is 17.9 Å². The third-order valence-corrected chi connectivity index (χ3v) is 2.13. The van der Waals surface area contributed by atoms with Crippen molar-refractivity contribution in [3.63, 3.8) is 0 Å². The van der Waals surface area contributed by atoms with Gasteiger partial charge >= 0.3 is 5.97 Å². The maximum absolute atomic E-state index is 11.4. The van der Waals surface area contributed by atoms with Crippen molar-refractivity contribution in [1.29, 1.82) is 0 Å². The van der Waals surface area contributed by atoms with Crippen molar-refractivity contribution < 1.29 is 13.9 Å². The number of ether oxygens (including phenoxy) is 1. The molecule has 1 aromatic heterocycles. The molecular weight excluding hydrogens is 184 g/mol. The van der Waals surface area contributed by atoms with Gasteiger partial charge in [0.05, 0.1) is 0 Å². The number of hydrogen-bond donors (Lipinski definition) is 0. The minimum absolute atomic E-state index is 0.0497. The van der Waals surface area contributed by atoms with E-state index in [1.165, 1.54) is 6.07 Å². The lowest BCUT2D eigenvalue weighted by Crippen LogP contribution is -2.30. The van der Waals surface area contributed by atoms with Crippen LogP contribution in [0.25, 0.3) is 0 Å². The van der Waals surface area contributed by atoms with Gasteiger partial charge in [-0.15, -0.1) is 0 Å². The molecule has 14 heavy (non-hydrogen) atoms. The van der Waals surface area contributed by atoms with E-state index in [9.17, 15) is 9.59 Å². The molecular formula is C10H10O4. The Hall–Kier alpha value is -1.58. The molecule has 2 heterocycles. The van der Waals surface area contributed by atoms with Gasteiger partial charge in [0, 0.05) is 12.5 Å². The van der Waals surface area contributed by atoms with Crippen molar-refractivity contribution in [1.82, 2.24) is 0 Å². The van der Waals surface area contributed by atoms with Crippen molar-refractivity contribution in [2.24, 2.45) is 0 Å². The van der Waals surface area contributed by atoms with E-state index >= 15 is 0 Å². The number of aryl methyl sites for hydroxylation is 1. The van der Waals surface area contributed by atoms with Crippen molar-refractivity contribution >= 4 is 5.97 Å². The molecule has 0 amide bonds.